The third-order valence-electron chi connectivity index (χ3n) is 2.83. The Hall–Kier alpha value is -1.88. The summed E-state index contributed by atoms with van der Waals surface area (Å²) in [5.74, 6) is 0.161. The van der Waals surface area contributed by atoms with Crippen molar-refractivity contribution in [2.45, 2.75) is 25.4 Å². The van der Waals surface area contributed by atoms with Crippen LogP contribution in [0.15, 0.2) is 30.7 Å². The lowest BCUT2D eigenvalue weighted by molar-refractivity contribution is 0.621. The lowest BCUT2D eigenvalue weighted by atomic mass is 10.3. The first kappa shape index (κ1) is 11.2. The van der Waals surface area contributed by atoms with Gasteiger partial charge in [0.15, 0.2) is 5.82 Å². The van der Waals surface area contributed by atoms with E-state index in [0.717, 1.165) is 12.1 Å². The standard InChI is InChI=1S/C13H13FN4/c14-10-1-4-12(16-8-10)13-17-6-9(7-18-13)5-15-11-2-3-11/h1,4,6-8,11,15H,2-3,5H2. The van der Waals surface area contributed by atoms with E-state index in [0.29, 0.717) is 17.6 Å². The minimum absolute atomic E-state index is 0.357. The van der Waals surface area contributed by atoms with E-state index in [4.69, 9.17) is 0 Å². The van der Waals surface area contributed by atoms with Crippen LogP contribution in [-0.2, 0) is 6.54 Å². The summed E-state index contributed by atoms with van der Waals surface area (Å²) in [6.07, 6.45) is 7.25. The molecule has 3 rings (SSSR count). The molecule has 2 aromatic rings. The second kappa shape index (κ2) is 4.78. The van der Waals surface area contributed by atoms with Crippen molar-refractivity contribution in [2.75, 3.05) is 0 Å². The Morgan fingerprint density at radius 2 is 1.89 bits per heavy atom. The van der Waals surface area contributed by atoms with Gasteiger partial charge < -0.3 is 5.32 Å². The molecule has 0 spiro atoms. The van der Waals surface area contributed by atoms with Gasteiger partial charge >= 0.3 is 0 Å². The fraction of sp³-hybridized carbons (Fsp3) is 0.308. The average molecular weight is 244 g/mol. The van der Waals surface area contributed by atoms with Crippen molar-refractivity contribution in [3.63, 3.8) is 0 Å². The first-order valence-corrected chi connectivity index (χ1v) is 5.97. The van der Waals surface area contributed by atoms with E-state index < -0.39 is 0 Å². The molecule has 1 fully saturated rings. The highest BCUT2D eigenvalue weighted by Gasteiger charge is 2.19. The van der Waals surface area contributed by atoms with Crippen LogP contribution in [0.2, 0.25) is 0 Å². The second-order valence-corrected chi connectivity index (χ2v) is 4.43. The molecule has 18 heavy (non-hydrogen) atoms. The molecule has 0 aliphatic heterocycles. The summed E-state index contributed by atoms with van der Waals surface area (Å²) in [4.78, 5) is 12.4. The Balaban J connectivity index is 1.71. The van der Waals surface area contributed by atoms with E-state index in [2.05, 4.69) is 20.3 Å². The molecule has 1 saturated carbocycles. The number of pyridine rings is 1. The molecule has 1 N–H and O–H groups in total. The van der Waals surface area contributed by atoms with E-state index in [1.807, 2.05) is 0 Å². The van der Waals surface area contributed by atoms with Crippen LogP contribution in [0, 0.1) is 5.82 Å². The normalized spacial score (nSPS) is 14.7. The molecule has 0 bridgehead atoms. The predicted molar refractivity (Wildman–Crippen MR) is 65.1 cm³/mol. The molecule has 2 heterocycles. The minimum Gasteiger partial charge on any atom is -0.310 e. The molecule has 1 aliphatic rings. The van der Waals surface area contributed by atoms with Crippen LogP contribution in [0.4, 0.5) is 4.39 Å². The van der Waals surface area contributed by atoms with Gasteiger partial charge in [-0.3, -0.25) is 0 Å². The summed E-state index contributed by atoms with van der Waals surface area (Å²) in [5.41, 5.74) is 1.63. The first-order chi connectivity index (χ1) is 8.81. The topological polar surface area (TPSA) is 50.7 Å². The van der Waals surface area contributed by atoms with Gasteiger partial charge in [-0.2, -0.15) is 0 Å². The van der Waals surface area contributed by atoms with Crippen molar-refractivity contribution in [1.29, 1.82) is 0 Å². The van der Waals surface area contributed by atoms with E-state index in [1.54, 1.807) is 18.5 Å². The number of rotatable bonds is 4. The van der Waals surface area contributed by atoms with Gasteiger partial charge in [0.1, 0.15) is 11.5 Å². The average Bonchev–Trinajstić information content (AvgIpc) is 3.22. The van der Waals surface area contributed by atoms with Crippen molar-refractivity contribution in [2.24, 2.45) is 0 Å². The smallest absolute Gasteiger partial charge is 0.178 e. The SMILES string of the molecule is Fc1ccc(-c2ncc(CNC3CC3)cn2)nc1. The predicted octanol–water partition coefficient (Wildman–Crippen LogP) is 1.93. The highest BCUT2D eigenvalue weighted by atomic mass is 19.1. The van der Waals surface area contributed by atoms with E-state index in [-0.39, 0.29) is 5.82 Å². The number of hydrogen-bond acceptors (Lipinski definition) is 4. The van der Waals surface area contributed by atoms with Crippen molar-refractivity contribution >= 4 is 0 Å². The molecule has 0 saturated heterocycles. The Labute approximate surface area is 104 Å². The van der Waals surface area contributed by atoms with Crippen LogP contribution in [0.25, 0.3) is 11.5 Å². The van der Waals surface area contributed by atoms with Gasteiger partial charge in [-0.25, -0.2) is 19.3 Å². The Bertz CT molecular complexity index is 520. The number of hydrogen-bond donors (Lipinski definition) is 1. The molecule has 0 amide bonds. The maximum atomic E-state index is 12.7. The van der Waals surface area contributed by atoms with Gasteiger partial charge in [-0.15, -0.1) is 0 Å². The van der Waals surface area contributed by atoms with Crippen LogP contribution in [-0.4, -0.2) is 21.0 Å². The maximum absolute atomic E-state index is 12.7. The highest BCUT2D eigenvalue weighted by molar-refractivity contribution is 5.47. The van der Waals surface area contributed by atoms with Crippen LogP contribution >= 0.6 is 0 Å². The summed E-state index contributed by atoms with van der Waals surface area (Å²) >= 11 is 0. The number of aromatic nitrogens is 3. The van der Waals surface area contributed by atoms with Crippen LogP contribution < -0.4 is 5.32 Å². The summed E-state index contributed by atoms with van der Waals surface area (Å²) in [6, 6.07) is 3.60. The Morgan fingerprint density at radius 1 is 1.11 bits per heavy atom. The van der Waals surface area contributed by atoms with Crippen molar-refractivity contribution in [3.05, 3.63) is 42.1 Å². The third-order valence-corrected chi connectivity index (χ3v) is 2.83. The zero-order chi connectivity index (χ0) is 12.4. The van der Waals surface area contributed by atoms with Crippen LogP contribution in [0.1, 0.15) is 18.4 Å². The largest absolute Gasteiger partial charge is 0.310 e. The van der Waals surface area contributed by atoms with E-state index in [1.165, 1.54) is 25.1 Å². The van der Waals surface area contributed by atoms with Gasteiger partial charge in [-0.05, 0) is 25.0 Å². The van der Waals surface area contributed by atoms with Crippen molar-refractivity contribution < 1.29 is 4.39 Å². The van der Waals surface area contributed by atoms with Crippen molar-refractivity contribution in [1.82, 2.24) is 20.3 Å². The molecular formula is C13H13FN4. The van der Waals surface area contributed by atoms with Crippen molar-refractivity contribution in [3.8, 4) is 11.5 Å². The first-order valence-electron chi connectivity index (χ1n) is 5.97. The van der Waals surface area contributed by atoms with Gasteiger partial charge in [0, 0.05) is 30.5 Å². The Kier molecular flexibility index (Phi) is 2.98. The molecule has 0 atom stereocenters. The summed E-state index contributed by atoms with van der Waals surface area (Å²) in [5, 5.41) is 3.39. The zero-order valence-electron chi connectivity index (χ0n) is 9.81. The fourth-order valence-corrected chi connectivity index (χ4v) is 1.64. The van der Waals surface area contributed by atoms with Gasteiger partial charge in [0.2, 0.25) is 0 Å². The molecule has 1 aliphatic carbocycles. The highest BCUT2D eigenvalue weighted by Crippen LogP contribution is 2.19. The number of halogens is 1. The van der Waals surface area contributed by atoms with Gasteiger partial charge in [-0.1, -0.05) is 0 Å². The van der Waals surface area contributed by atoms with Gasteiger partial charge in [0.05, 0.1) is 6.20 Å². The molecule has 5 heteroatoms. The summed E-state index contributed by atoms with van der Waals surface area (Å²) in [7, 11) is 0. The fourth-order valence-electron chi connectivity index (χ4n) is 1.64. The summed E-state index contributed by atoms with van der Waals surface area (Å²) in [6.45, 7) is 0.793. The van der Waals surface area contributed by atoms with E-state index in [9.17, 15) is 4.39 Å². The minimum atomic E-state index is -0.357. The Morgan fingerprint density at radius 3 is 2.50 bits per heavy atom. The molecule has 92 valence electrons. The quantitative estimate of drug-likeness (QED) is 0.892. The molecule has 0 aromatic carbocycles. The molecule has 0 radical (unpaired) electrons. The lowest BCUT2D eigenvalue weighted by Gasteiger charge is -2.03. The lowest BCUT2D eigenvalue weighted by Crippen LogP contribution is -2.15. The monoisotopic (exact) mass is 244 g/mol. The summed E-state index contributed by atoms with van der Waals surface area (Å²) < 4.78 is 12.7. The second-order valence-electron chi connectivity index (χ2n) is 4.43. The van der Waals surface area contributed by atoms with Gasteiger partial charge in [0.25, 0.3) is 0 Å². The molecular weight excluding hydrogens is 231 g/mol. The molecule has 0 unspecified atom stereocenters. The third kappa shape index (κ3) is 2.68. The van der Waals surface area contributed by atoms with Crippen LogP contribution in [0.5, 0.6) is 0 Å². The van der Waals surface area contributed by atoms with Crippen LogP contribution in [0.3, 0.4) is 0 Å². The number of nitrogens with one attached hydrogen (secondary N) is 1. The molecule has 4 nitrogen and oxygen atoms in total. The molecule has 2 aromatic heterocycles. The number of nitrogens with zero attached hydrogens (tertiary/aromatic N) is 3. The van der Waals surface area contributed by atoms with E-state index >= 15 is 0 Å². The maximum Gasteiger partial charge on any atom is 0.178 e. The zero-order valence-corrected chi connectivity index (χ0v) is 9.81.